The first-order valence-electron chi connectivity index (χ1n) is 9.58. The second kappa shape index (κ2) is 7.86. The SMILES string of the molecule is CC(C)(C)[Si](C)(C)OCc1cccc2c(C(=O)C(Cl)c3ccccc3)c[nH]c12. The molecular weight excluding hydrogens is 386 g/mol. The van der Waals surface area contributed by atoms with Crippen LogP contribution in [0.1, 0.15) is 47.6 Å². The van der Waals surface area contributed by atoms with Crippen molar-refractivity contribution in [3.8, 4) is 0 Å². The molecule has 3 aromatic rings. The van der Waals surface area contributed by atoms with Gasteiger partial charge in [-0.2, -0.15) is 0 Å². The van der Waals surface area contributed by atoms with E-state index in [0.29, 0.717) is 12.2 Å². The highest BCUT2D eigenvalue weighted by molar-refractivity contribution is 6.74. The first-order valence-corrected chi connectivity index (χ1v) is 12.9. The van der Waals surface area contributed by atoms with Gasteiger partial charge in [-0.25, -0.2) is 0 Å². The lowest BCUT2D eigenvalue weighted by atomic mass is 10.0. The standard InChI is InChI=1S/C23H28ClNO2Si/c1-23(2,3)28(4,5)27-15-17-12-9-13-18-19(14-25-21(17)18)22(26)20(24)16-10-7-6-8-11-16/h6-14,20,25H,15H2,1-5H3. The highest BCUT2D eigenvalue weighted by Gasteiger charge is 2.37. The zero-order valence-electron chi connectivity index (χ0n) is 17.2. The Kier molecular flexibility index (Phi) is 5.85. The fourth-order valence-corrected chi connectivity index (χ4v) is 4.14. The van der Waals surface area contributed by atoms with E-state index in [0.717, 1.165) is 22.0 Å². The van der Waals surface area contributed by atoms with Crippen LogP contribution in [0.5, 0.6) is 0 Å². The molecule has 0 aliphatic heterocycles. The Morgan fingerprint density at radius 1 is 1.11 bits per heavy atom. The second-order valence-electron chi connectivity index (χ2n) is 8.73. The van der Waals surface area contributed by atoms with Gasteiger partial charge in [0.25, 0.3) is 0 Å². The van der Waals surface area contributed by atoms with Crippen molar-refractivity contribution in [2.24, 2.45) is 0 Å². The molecule has 1 atom stereocenters. The van der Waals surface area contributed by atoms with E-state index in [2.05, 4.69) is 44.9 Å². The molecule has 2 aromatic carbocycles. The van der Waals surface area contributed by atoms with Crippen LogP contribution in [0.4, 0.5) is 0 Å². The number of fused-ring (bicyclic) bond motifs is 1. The number of rotatable bonds is 6. The Labute approximate surface area is 173 Å². The number of aromatic nitrogens is 1. The monoisotopic (exact) mass is 413 g/mol. The predicted molar refractivity (Wildman–Crippen MR) is 120 cm³/mol. The van der Waals surface area contributed by atoms with Crippen LogP contribution in [0.15, 0.2) is 54.7 Å². The number of para-hydroxylation sites is 1. The molecule has 0 aliphatic rings. The maximum absolute atomic E-state index is 13.0. The lowest BCUT2D eigenvalue weighted by Gasteiger charge is -2.36. The van der Waals surface area contributed by atoms with E-state index in [4.69, 9.17) is 16.0 Å². The molecule has 0 bridgehead atoms. The topological polar surface area (TPSA) is 42.1 Å². The highest BCUT2D eigenvalue weighted by Crippen LogP contribution is 2.37. The smallest absolute Gasteiger partial charge is 0.192 e. The van der Waals surface area contributed by atoms with Gasteiger partial charge in [-0.05, 0) is 23.7 Å². The molecule has 1 unspecified atom stereocenters. The van der Waals surface area contributed by atoms with Crippen LogP contribution in [0.3, 0.4) is 0 Å². The van der Waals surface area contributed by atoms with Gasteiger partial charge in [0.2, 0.25) is 0 Å². The quantitative estimate of drug-likeness (QED) is 0.272. The summed E-state index contributed by atoms with van der Waals surface area (Å²) < 4.78 is 6.38. The van der Waals surface area contributed by atoms with Gasteiger partial charge >= 0.3 is 0 Å². The van der Waals surface area contributed by atoms with Gasteiger partial charge in [-0.15, -0.1) is 11.6 Å². The van der Waals surface area contributed by atoms with Crippen molar-refractivity contribution in [1.82, 2.24) is 4.98 Å². The van der Waals surface area contributed by atoms with Crippen LogP contribution in [0.25, 0.3) is 10.9 Å². The molecule has 3 nitrogen and oxygen atoms in total. The molecular formula is C23H28ClNO2Si. The highest BCUT2D eigenvalue weighted by atomic mass is 35.5. The summed E-state index contributed by atoms with van der Waals surface area (Å²) in [6.45, 7) is 11.7. The normalized spacial score (nSPS) is 13.6. The van der Waals surface area contributed by atoms with Crippen LogP contribution >= 0.6 is 11.6 Å². The van der Waals surface area contributed by atoms with Crippen LogP contribution in [-0.2, 0) is 11.0 Å². The summed E-state index contributed by atoms with van der Waals surface area (Å²) in [6, 6.07) is 15.4. The summed E-state index contributed by atoms with van der Waals surface area (Å²) in [4.78, 5) is 16.3. The largest absolute Gasteiger partial charge is 0.412 e. The number of aromatic amines is 1. The van der Waals surface area contributed by atoms with Crippen molar-refractivity contribution >= 4 is 36.6 Å². The first kappa shape index (κ1) is 20.8. The Morgan fingerprint density at radius 2 is 1.79 bits per heavy atom. The molecule has 1 aromatic heterocycles. The van der Waals surface area contributed by atoms with E-state index in [1.54, 1.807) is 6.20 Å². The molecule has 1 heterocycles. The fourth-order valence-electron chi connectivity index (χ4n) is 2.93. The number of alkyl halides is 1. The predicted octanol–water partition coefficient (Wildman–Crippen LogP) is 6.85. The summed E-state index contributed by atoms with van der Waals surface area (Å²) in [5, 5.41) is 0.342. The fraction of sp³-hybridized carbons (Fsp3) is 0.348. The van der Waals surface area contributed by atoms with Gasteiger partial charge in [0, 0.05) is 22.7 Å². The first-order chi connectivity index (χ1) is 13.1. The molecule has 5 heteroatoms. The van der Waals surface area contributed by atoms with E-state index in [1.807, 2.05) is 42.5 Å². The van der Waals surface area contributed by atoms with E-state index in [1.165, 1.54) is 0 Å². The summed E-state index contributed by atoms with van der Waals surface area (Å²) in [5.41, 5.74) is 3.43. The Balaban J connectivity index is 1.88. The van der Waals surface area contributed by atoms with E-state index < -0.39 is 13.7 Å². The number of hydrogen-bond donors (Lipinski definition) is 1. The number of H-pyrrole nitrogens is 1. The molecule has 148 valence electrons. The van der Waals surface area contributed by atoms with E-state index in [9.17, 15) is 4.79 Å². The zero-order chi connectivity index (χ0) is 20.5. The minimum Gasteiger partial charge on any atom is -0.412 e. The van der Waals surface area contributed by atoms with Crippen molar-refractivity contribution in [1.29, 1.82) is 0 Å². The molecule has 28 heavy (non-hydrogen) atoms. The molecule has 0 saturated heterocycles. The van der Waals surface area contributed by atoms with Crippen molar-refractivity contribution in [2.75, 3.05) is 0 Å². The summed E-state index contributed by atoms with van der Waals surface area (Å²) in [6.07, 6.45) is 1.77. The number of halogens is 1. The van der Waals surface area contributed by atoms with Crippen LogP contribution in [0, 0.1) is 0 Å². The van der Waals surface area contributed by atoms with Crippen LogP contribution < -0.4 is 0 Å². The zero-order valence-corrected chi connectivity index (χ0v) is 18.9. The lowest BCUT2D eigenvalue weighted by molar-refractivity contribution is 0.0988. The average molecular weight is 414 g/mol. The summed E-state index contributed by atoms with van der Waals surface area (Å²) >= 11 is 6.48. The maximum atomic E-state index is 13.0. The van der Waals surface area contributed by atoms with Crippen LogP contribution in [0.2, 0.25) is 18.1 Å². The van der Waals surface area contributed by atoms with Gasteiger partial charge < -0.3 is 9.41 Å². The average Bonchev–Trinajstić information content (AvgIpc) is 3.09. The Hall–Kier alpha value is -1.88. The Bertz CT molecular complexity index is 973. The third-order valence-electron chi connectivity index (χ3n) is 5.78. The molecule has 0 radical (unpaired) electrons. The number of hydrogen-bond acceptors (Lipinski definition) is 2. The van der Waals surface area contributed by atoms with Crippen molar-refractivity contribution in [3.63, 3.8) is 0 Å². The molecule has 0 aliphatic carbocycles. The number of nitrogens with one attached hydrogen (secondary N) is 1. The van der Waals surface area contributed by atoms with Crippen LogP contribution in [-0.4, -0.2) is 19.1 Å². The number of Topliss-reactive ketones (excluding diaryl/α,β-unsaturated/α-hetero) is 1. The third kappa shape index (κ3) is 4.09. The minimum absolute atomic E-state index is 0.0958. The lowest BCUT2D eigenvalue weighted by Crippen LogP contribution is -2.40. The van der Waals surface area contributed by atoms with Crippen molar-refractivity contribution < 1.29 is 9.22 Å². The summed E-state index contributed by atoms with van der Waals surface area (Å²) in [7, 11) is -1.85. The molecule has 0 saturated carbocycles. The molecule has 0 fully saturated rings. The molecule has 3 rings (SSSR count). The van der Waals surface area contributed by atoms with Gasteiger partial charge in [0.05, 0.1) is 12.1 Å². The molecule has 0 amide bonds. The van der Waals surface area contributed by atoms with Gasteiger partial charge in [0.1, 0.15) is 5.38 Å². The Morgan fingerprint density at radius 3 is 2.43 bits per heavy atom. The van der Waals surface area contributed by atoms with Gasteiger partial charge in [-0.3, -0.25) is 4.79 Å². The van der Waals surface area contributed by atoms with E-state index >= 15 is 0 Å². The van der Waals surface area contributed by atoms with Crippen molar-refractivity contribution in [2.45, 2.75) is 50.9 Å². The number of ketones is 1. The summed E-state index contributed by atoms with van der Waals surface area (Å²) in [5.74, 6) is -0.0958. The van der Waals surface area contributed by atoms with E-state index in [-0.39, 0.29) is 10.8 Å². The number of carbonyl (C=O) groups excluding carboxylic acids is 1. The maximum Gasteiger partial charge on any atom is 0.192 e. The molecule has 0 spiro atoms. The van der Waals surface area contributed by atoms with Gasteiger partial charge in [-0.1, -0.05) is 69.3 Å². The molecule has 1 N–H and O–H groups in total. The second-order valence-corrected chi connectivity index (χ2v) is 14.0. The minimum atomic E-state index is -1.85. The third-order valence-corrected chi connectivity index (χ3v) is 10.7. The number of carbonyl (C=O) groups is 1. The van der Waals surface area contributed by atoms with Gasteiger partial charge in [0.15, 0.2) is 14.1 Å². The van der Waals surface area contributed by atoms with Crippen molar-refractivity contribution in [3.05, 3.63) is 71.4 Å². The number of benzene rings is 2.